The molecule has 0 saturated heterocycles. The molecular weight excluding hydrogens is 162 g/mol. The molecule has 0 aliphatic heterocycles. The molecule has 5 heteroatoms. The van der Waals surface area contributed by atoms with Crippen LogP contribution in [-0.4, -0.2) is 25.7 Å². The number of hydrogen-bond donors (Lipinski definition) is 0. The van der Waals surface area contributed by atoms with E-state index < -0.39 is 11.9 Å². The van der Waals surface area contributed by atoms with Gasteiger partial charge in [0.05, 0.1) is 19.8 Å². The molecule has 0 bridgehead atoms. The van der Waals surface area contributed by atoms with Crippen molar-refractivity contribution in [1.29, 1.82) is 5.26 Å². The molecule has 0 radical (unpaired) electrons. The van der Waals surface area contributed by atoms with Crippen LogP contribution in [0, 0.1) is 11.3 Å². The Balaban J connectivity index is 3.46. The van der Waals surface area contributed by atoms with E-state index in [1.165, 1.54) is 0 Å². The van der Waals surface area contributed by atoms with Crippen LogP contribution in [0.1, 0.15) is 12.8 Å². The van der Waals surface area contributed by atoms with Crippen LogP contribution in [0.4, 0.5) is 0 Å². The van der Waals surface area contributed by atoms with Crippen molar-refractivity contribution in [2.45, 2.75) is 12.8 Å². The second-order valence-electron chi connectivity index (χ2n) is 1.89. The van der Waals surface area contributed by atoms with Gasteiger partial charge >= 0.3 is 11.9 Å². The van der Waals surface area contributed by atoms with Gasteiger partial charge in [0.2, 0.25) is 0 Å². The van der Waals surface area contributed by atoms with Crippen LogP contribution in [-0.2, 0) is 19.1 Å². The monoisotopic (exact) mass is 171 g/mol. The summed E-state index contributed by atoms with van der Waals surface area (Å²) < 4.78 is 8.52. The molecule has 0 rings (SSSR count). The van der Waals surface area contributed by atoms with E-state index in [0.29, 0.717) is 12.8 Å². The largest absolute Gasteiger partial charge is 0.461 e. The minimum atomic E-state index is -1.02. The van der Waals surface area contributed by atoms with E-state index in [9.17, 15) is 9.59 Å². The molecule has 0 aromatic rings. The lowest BCUT2D eigenvalue weighted by Gasteiger charge is -1.99. The lowest BCUT2D eigenvalue weighted by molar-refractivity contribution is -0.165. The lowest BCUT2D eigenvalue weighted by atomic mass is 10.3. The van der Waals surface area contributed by atoms with Crippen molar-refractivity contribution >= 4 is 11.9 Å². The third-order valence-corrected chi connectivity index (χ3v) is 1.02. The first kappa shape index (κ1) is 10.4. The summed E-state index contributed by atoms with van der Waals surface area (Å²) in [5.41, 5.74) is 0. The normalized spacial score (nSPS) is 8.33. The van der Waals surface area contributed by atoms with E-state index in [1.54, 1.807) is 0 Å². The average Bonchev–Trinajstić information content (AvgIpc) is 2.10. The fourth-order valence-corrected chi connectivity index (χ4v) is 0.458. The highest BCUT2D eigenvalue weighted by molar-refractivity contribution is 6.29. The fraction of sp³-hybridized carbons (Fsp3) is 0.571. The predicted octanol–water partition coefficient (Wildman–Crippen LogP) is 0.00638. The second kappa shape index (κ2) is 6.16. The Hall–Kier alpha value is -1.57. The van der Waals surface area contributed by atoms with E-state index in [-0.39, 0.29) is 6.61 Å². The lowest BCUT2D eigenvalue weighted by Crippen LogP contribution is -2.19. The van der Waals surface area contributed by atoms with Gasteiger partial charge in [-0.2, -0.15) is 5.26 Å². The van der Waals surface area contributed by atoms with Crippen molar-refractivity contribution in [2.24, 2.45) is 0 Å². The van der Waals surface area contributed by atoms with Crippen LogP contribution in [0.2, 0.25) is 0 Å². The third-order valence-electron chi connectivity index (χ3n) is 1.02. The maximum atomic E-state index is 10.6. The topological polar surface area (TPSA) is 76.4 Å². The SMILES string of the molecule is COC(=O)C(=O)OCCCC#N. The minimum Gasteiger partial charge on any atom is -0.461 e. The highest BCUT2D eigenvalue weighted by atomic mass is 16.6. The molecule has 0 unspecified atom stereocenters. The number of esters is 2. The van der Waals surface area contributed by atoms with Crippen LogP contribution < -0.4 is 0 Å². The maximum Gasteiger partial charge on any atom is 0.417 e. The van der Waals surface area contributed by atoms with Gasteiger partial charge < -0.3 is 9.47 Å². The van der Waals surface area contributed by atoms with Gasteiger partial charge in [-0.15, -0.1) is 0 Å². The van der Waals surface area contributed by atoms with E-state index in [4.69, 9.17) is 5.26 Å². The van der Waals surface area contributed by atoms with E-state index in [0.717, 1.165) is 7.11 Å². The van der Waals surface area contributed by atoms with Gasteiger partial charge in [-0.05, 0) is 6.42 Å². The first-order valence-electron chi connectivity index (χ1n) is 3.34. The van der Waals surface area contributed by atoms with Gasteiger partial charge in [-0.25, -0.2) is 9.59 Å². The van der Waals surface area contributed by atoms with Gasteiger partial charge in [0.25, 0.3) is 0 Å². The summed E-state index contributed by atoms with van der Waals surface area (Å²) in [6.07, 6.45) is 0.730. The van der Waals surface area contributed by atoms with Crippen molar-refractivity contribution in [3.63, 3.8) is 0 Å². The summed E-state index contributed by atoms with van der Waals surface area (Å²) in [6, 6.07) is 1.88. The summed E-state index contributed by atoms with van der Waals surface area (Å²) in [6.45, 7) is 0.0709. The van der Waals surface area contributed by atoms with Crippen molar-refractivity contribution in [3.8, 4) is 6.07 Å². The molecule has 0 heterocycles. The number of nitriles is 1. The first-order chi connectivity index (χ1) is 5.72. The predicted molar refractivity (Wildman–Crippen MR) is 37.8 cm³/mol. The number of hydrogen-bond acceptors (Lipinski definition) is 5. The van der Waals surface area contributed by atoms with E-state index in [1.807, 2.05) is 6.07 Å². The van der Waals surface area contributed by atoms with Crippen LogP contribution in [0.15, 0.2) is 0 Å². The Labute approximate surface area is 69.9 Å². The molecule has 66 valence electrons. The maximum absolute atomic E-state index is 10.6. The number of methoxy groups -OCH3 is 1. The Kier molecular flexibility index (Phi) is 5.35. The van der Waals surface area contributed by atoms with Crippen molar-refractivity contribution in [2.75, 3.05) is 13.7 Å². The van der Waals surface area contributed by atoms with Crippen molar-refractivity contribution in [1.82, 2.24) is 0 Å². The molecule has 0 aliphatic carbocycles. The Morgan fingerprint density at radius 2 is 2.08 bits per heavy atom. The highest BCUT2D eigenvalue weighted by Gasteiger charge is 2.14. The summed E-state index contributed by atoms with van der Waals surface area (Å²) in [5, 5.41) is 8.10. The zero-order valence-corrected chi connectivity index (χ0v) is 6.70. The van der Waals surface area contributed by atoms with Crippen molar-refractivity contribution in [3.05, 3.63) is 0 Å². The van der Waals surface area contributed by atoms with Crippen molar-refractivity contribution < 1.29 is 19.1 Å². The van der Waals surface area contributed by atoms with Gasteiger partial charge in [0.1, 0.15) is 0 Å². The molecule has 5 nitrogen and oxygen atoms in total. The molecule has 0 fully saturated rings. The van der Waals surface area contributed by atoms with E-state index >= 15 is 0 Å². The molecule has 0 aromatic heterocycles. The molecule has 0 spiro atoms. The van der Waals surface area contributed by atoms with E-state index in [2.05, 4.69) is 9.47 Å². The quantitative estimate of drug-likeness (QED) is 0.339. The summed E-state index contributed by atoms with van der Waals surface area (Å²) >= 11 is 0. The minimum absolute atomic E-state index is 0.0709. The Bertz CT molecular complexity index is 206. The number of carbonyl (C=O) groups is 2. The smallest absolute Gasteiger partial charge is 0.417 e. The van der Waals surface area contributed by atoms with Crippen LogP contribution in [0.3, 0.4) is 0 Å². The van der Waals surface area contributed by atoms with Gasteiger partial charge in [-0.3, -0.25) is 0 Å². The standard InChI is InChI=1S/C7H9NO4/c1-11-6(9)7(10)12-5-3-2-4-8/h2-3,5H2,1H3. The molecule has 0 aromatic carbocycles. The average molecular weight is 171 g/mol. The number of unbranched alkanes of at least 4 members (excludes halogenated alkanes) is 1. The fourth-order valence-electron chi connectivity index (χ4n) is 0.458. The van der Waals surface area contributed by atoms with Gasteiger partial charge in [0.15, 0.2) is 0 Å². The van der Waals surface area contributed by atoms with Crippen LogP contribution >= 0.6 is 0 Å². The first-order valence-corrected chi connectivity index (χ1v) is 3.34. The zero-order chi connectivity index (χ0) is 9.40. The summed E-state index contributed by atoms with van der Waals surface area (Å²) in [4.78, 5) is 21.0. The molecule has 0 N–H and O–H groups in total. The third kappa shape index (κ3) is 4.28. The Morgan fingerprint density at radius 3 is 2.58 bits per heavy atom. The molecular formula is C7H9NO4. The number of carbonyl (C=O) groups excluding carboxylic acids is 2. The molecule has 0 saturated carbocycles. The Morgan fingerprint density at radius 1 is 1.42 bits per heavy atom. The molecule has 12 heavy (non-hydrogen) atoms. The molecule has 0 atom stereocenters. The second-order valence-corrected chi connectivity index (χ2v) is 1.89. The molecule has 0 amide bonds. The number of ether oxygens (including phenoxy) is 2. The highest BCUT2D eigenvalue weighted by Crippen LogP contribution is 1.89. The number of nitrogens with zero attached hydrogens (tertiary/aromatic N) is 1. The molecule has 0 aliphatic rings. The number of rotatable bonds is 3. The zero-order valence-electron chi connectivity index (χ0n) is 6.70. The summed E-state index contributed by atoms with van der Waals surface area (Å²) in [7, 11) is 1.10. The van der Waals surface area contributed by atoms with Gasteiger partial charge in [-0.1, -0.05) is 0 Å². The van der Waals surface area contributed by atoms with Crippen LogP contribution in [0.5, 0.6) is 0 Å². The van der Waals surface area contributed by atoms with Crippen LogP contribution in [0.25, 0.3) is 0 Å². The summed E-state index contributed by atoms with van der Waals surface area (Å²) in [5.74, 6) is -2.04. The van der Waals surface area contributed by atoms with Gasteiger partial charge in [0, 0.05) is 6.42 Å².